The molecule has 3 unspecified atom stereocenters. The molecule has 0 saturated heterocycles. The van der Waals surface area contributed by atoms with E-state index >= 15 is 0 Å². The van der Waals surface area contributed by atoms with Crippen molar-refractivity contribution in [1.29, 1.82) is 0 Å². The minimum atomic E-state index is 0.430. The zero-order chi connectivity index (χ0) is 12.5. The number of hydrogen-bond acceptors (Lipinski definition) is 1. The molecule has 3 aliphatic rings. The SMILES string of the molecule is CN(C(=O)CC1CC2CCC1C2)C1CCCCC1. The van der Waals surface area contributed by atoms with E-state index in [9.17, 15) is 4.79 Å². The van der Waals surface area contributed by atoms with E-state index in [1.807, 2.05) is 7.05 Å². The van der Waals surface area contributed by atoms with E-state index < -0.39 is 0 Å². The van der Waals surface area contributed by atoms with Gasteiger partial charge >= 0.3 is 0 Å². The van der Waals surface area contributed by atoms with Crippen LogP contribution in [0.5, 0.6) is 0 Å². The Bertz CT molecular complexity index is 308. The second kappa shape index (κ2) is 5.22. The molecule has 3 aliphatic carbocycles. The van der Waals surface area contributed by atoms with E-state index in [1.54, 1.807) is 0 Å². The average Bonchev–Trinajstić information content (AvgIpc) is 3.01. The molecule has 102 valence electrons. The zero-order valence-electron chi connectivity index (χ0n) is 11.7. The summed E-state index contributed by atoms with van der Waals surface area (Å²) in [6.07, 6.45) is 12.9. The first-order valence-corrected chi connectivity index (χ1v) is 7.99. The van der Waals surface area contributed by atoms with Gasteiger partial charge in [-0.05, 0) is 49.9 Å². The highest BCUT2D eigenvalue weighted by Crippen LogP contribution is 2.49. The van der Waals surface area contributed by atoms with Crippen LogP contribution in [-0.2, 0) is 4.79 Å². The summed E-state index contributed by atoms with van der Waals surface area (Å²) in [5.74, 6) is 3.01. The highest BCUT2D eigenvalue weighted by molar-refractivity contribution is 5.76. The minimum Gasteiger partial charge on any atom is -0.343 e. The Hall–Kier alpha value is -0.530. The Kier molecular flexibility index (Phi) is 3.63. The molecule has 3 saturated carbocycles. The van der Waals surface area contributed by atoms with Crippen LogP contribution in [0.3, 0.4) is 0 Å². The molecule has 2 heteroatoms. The molecule has 0 aromatic heterocycles. The number of carbonyl (C=O) groups is 1. The van der Waals surface area contributed by atoms with E-state index in [0.29, 0.717) is 11.9 Å². The summed E-state index contributed by atoms with van der Waals surface area (Å²) < 4.78 is 0. The number of carbonyl (C=O) groups excluding carboxylic acids is 1. The first-order valence-electron chi connectivity index (χ1n) is 7.99. The van der Waals surface area contributed by atoms with Crippen LogP contribution in [0.1, 0.15) is 64.2 Å². The lowest BCUT2D eigenvalue weighted by atomic mass is 9.85. The van der Waals surface area contributed by atoms with Gasteiger partial charge in [0.25, 0.3) is 0 Å². The van der Waals surface area contributed by atoms with E-state index in [1.165, 1.54) is 57.8 Å². The summed E-state index contributed by atoms with van der Waals surface area (Å²) in [5.41, 5.74) is 0. The van der Waals surface area contributed by atoms with Crippen molar-refractivity contribution >= 4 is 5.91 Å². The van der Waals surface area contributed by atoms with Crippen molar-refractivity contribution in [2.24, 2.45) is 17.8 Å². The summed E-state index contributed by atoms with van der Waals surface area (Å²) in [4.78, 5) is 14.5. The number of fused-ring (bicyclic) bond motifs is 2. The van der Waals surface area contributed by atoms with Crippen LogP contribution in [-0.4, -0.2) is 23.9 Å². The molecular formula is C16H27NO. The number of hydrogen-bond donors (Lipinski definition) is 0. The van der Waals surface area contributed by atoms with Gasteiger partial charge in [-0.1, -0.05) is 25.7 Å². The molecule has 1 amide bonds. The monoisotopic (exact) mass is 249 g/mol. The lowest BCUT2D eigenvalue weighted by Gasteiger charge is -2.33. The van der Waals surface area contributed by atoms with Gasteiger partial charge in [0.05, 0.1) is 0 Å². The van der Waals surface area contributed by atoms with Crippen molar-refractivity contribution < 1.29 is 4.79 Å². The zero-order valence-corrected chi connectivity index (χ0v) is 11.7. The number of nitrogens with zero attached hydrogens (tertiary/aromatic N) is 1. The fourth-order valence-corrected chi connectivity index (χ4v) is 4.67. The third-order valence-electron chi connectivity index (χ3n) is 5.84. The summed E-state index contributed by atoms with van der Waals surface area (Å²) >= 11 is 0. The normalized spacial score (nSPS) is 35.9. The molecule has 0 aromatic rings. The van der Waals surface area contributed by atoms with Crippen LogP contribution in [0, 0.1) is 17.8 Å². The Labute approximate surface area is 111 Å². The van der Waals surface area contributed by atoms with Crippen LogP contribution in [0.25, 0.3) is 0 Å². The smallest absolute Gasteiger partial charge is 0.222 e. The molecule has 0 radical (unpaired) electrons. The van der Waals surface area contributed by atoms with Crippen molar-refractivity contribution in [3.05, 3.63) is 0 Å². The Morgan fingerprint density at radius 3 is 2.44 bits per heavy atom. The first-order chi connectivity index (χ1) is 8.74. The maximum absolute atomic E-state index is 12.4. The molecule has 0 aliphatic heterocycles. The topological polar surface area (TPSA) is 20.3 Å². The molecule has 2 nitrogen and oxygen atoms in total. The predicted molar refractivity (Wildman–Crippen MR) is 73.2 cm³/mol. The van der Waals surface area contributed by atoms with E-state index in [4.69, 9.17) is 0 Å². The molecule has 3 atom stereocenters. The van der Waals surface area contributed by atoms with Gasteiger partial charge in [0.15, 0.2) is 0 Å². The quantitative estimate of drug-likeness (QED) is 0.748. The van der Waals surface area contributed by atoms with Gasteiger partial charge in [0, 0.05) is 19.5 Å². The first kappa shape index (κ1) is 12.5. The predicted octanol–water partition coefficient (Wildman–Crippen LogP) is 3.60. The largest absolute Gasteiger partial charge is 0.343 e. The minimum absolute atomic E-state index is 0.430. The second-order valence-corrected chi connectivity index (χ2v) is 6.94. The molecule has 0 N–H and O–H groups in total. The van der Waals surface area contributed by atoms with Gasteiger partial charge < -0.3 is 4.90 Å². The van der Waals surface area contributed by atoms with E-state index in [0.717, 1.165) is 24.2 Å². The van der Waals surface area contributed by atoms with Crippen molar-refractivity contribution in [2.75, 3.05) is 7.05 Å². The van der Waals surface area contributed by atoms with Crippen LogP contribution >= 0.6 is 0 Å². The Morgan fingerprint density at radius 2 is 1.83 bits per heavy atom. The fourth-order valence-electron chi connectivity index (χ4n) is 4.67. The molecule has 0 spiro atoms. The van der Waals surface area contributed by atoms with Gasteiger partial charge in [-0.25, -0.2) is 0 Å². The van der Waals surface area contributed by atoms with Gasteiger partial charge in [-0.3, -0.25) is 4.79 Å². The lowest BCUT2D eigenvalue weighted by Crippen LogP contribution is -2.39. The maximum atomic E-state index is 12.4. The lowest BCUT2D eigenvalue weighted by molar-refractivity contribution is -0.134. The van der Waals surface area contributed by atoms with Crippen LogP contribution in [0.2, 0.25) is 0 Å². The molecule has 2 bridgehead atoms. The number of rotatable bonds is 3. The molecule has 0 heterocycles. The van der Waals surface area contributed by atoms with Crippen LogP contribution in [0.15, 0.2) is 0 Å². The Morgan fingerprint density at radius 1 is 1.06 bits per heavy atom. The van der Waals surface area contributed by atoms with Crippen molar-refractivity contribution in [1.82, 2.24) is 4.90 Å². The van der Waals surface area contributed by atoms with E-state index in [2.05, 4.69) is 4.90 Å². The second-order valence-electron chi connectivity index (χ2n) is 6.94. The van der Waals surface area contributed by atoms with Crippen LogP contribution in [0.4, 0.5) is 0 Å². The van der Waals surface area contributed by atoms with Gasteiger partial charge in [0.2, 0.25) is 5.91 Å². The Balaban J connectivity index is 1.51. The van der Waals surface area contributed by atoms with Crippen LogP contribution < -0.4 is 0 Å². The number of amides is 1. The molecule has 3 rings (SSSR count). The van der Waals surface area contributed by atoms with Crippen molar-refractivity contribution in [3.63, 3.8) is 0 Å². The third-order valence-corrected chi connectivity index (χ3v) is 5.84. The standard InChI is InChI=1S/C16H27NO/c1-17(15-5-3-2-4-6-15)16(18)11-14-10-12-7-8-13(14)9-12/h12-15H,2-11H2,1H3. The summed E-state index contributed by atoms with van der Waals surface area (Å²) in [6.45, 7) is 0. The maximum Gasteiger partial charge on any atom is 0.222 e. The molecule has 18 heavy (non-hydrogen) atoms. The highest BCUT2D eigenvalue weighted by Gasteiger charge is 2.40. The summed E-state index contributed by atoms with van der Waals surface area (Å²) in [7, 11) is 2.05. The summed E-state index contributed by atoms with van der Waals surface area (Å²) in [6, 6.07) is 0.546. The molecular weight excluding hydrogens is 222 g/mol. The molecule has 0 aromatic carbocycles. The van der Waals surface area contributed by atoms with Crippen molar-refractivity contribution in [2.45, 2.75) is 70.3 Å². The third kappa shape index (κ3) is 2.44. The molecule has 3 fully saturated rings. The van der Waals surface area contributed by atoms with Gasteiger partial charge in [-0.15, -0.1) is 0 Å². The highest BCUT2D eigenvalue weighted by atomic mass is 16.2. The average molecular weight is 249 g/mol. The summed E-state index contributed by atoms with van der Waals surface area (Å²) in [5, 5.41) is 0. The van der Waals surface area contributed by atoms with Gasteiger partial charge in [-0.2, -0.15) is 0 Å². The van der Waals surface area contributed by atoms with Gasteiger partial charge in [0.1, 0.15) is 0 Å². The van der Waals surface area contributed by atoms with Crippen molar-refractivity contribution in [3.8, 4) is 0 Å². The van der Waals surface area contributed by atoms with E-state index in [-0.39, 0.29) is 0 Å². The fraction of sp³-hybridized carbons (Fsp3) is 0.938.